The third kappa shape index (κ3) is 5.01. The van der Waals surface area contributed by atoms with Crippen LogP contribution in [-0.4, -0.2) is 21.3 Å². The first-order valence-corrected chi connectivity index (χ1v) is 13.2. The lowest BCUT2D eigenvalue weighted by Gasteiger charge is -2.38. The summed E-state index contributed by atoms with van der Waals surface area (Å²) in [7, 11) is 0.0532. The zero-order valence-electron chi connectivity index (χ0n) is 17.4. The van der Waals surface area contributed by atoms with Crippen molar-refractivity contribution in [3.8, 4) is 11.4 Å². The summed E-state index contributed by atoms with van der Waals surface area (Å²) in [6, 6.07) is 12.9. The minimum absolute atomic E-state index is 0.0532. The average molecular weight is 395 g/mol. The molecule has 3 heteroatoms. The molecule has 0 N–H and O–H groups in total. The van der Waals surface area contributed by atoms with E-state index in [1.807, 2.05) is 0 Å². The molecule has 2 aromatic heterocycles. The van der Waals surface area contributed by atoms with Gasteiger partial charge in [-0.2, -0.15) is 0 Å². The molecular weight excluding hydrogens is 359 g/mol. The van der Waals surface area contributed by atoms with Crippen LogP contribution in [0, 0.1) is 0 Å². The summed E-state index contributed by atoms with van der Waals surface area (Å²) in [6.45, 7) is 2.16. The van der Waals surface area contributed by atoms with Gasteiger partial charge < -0.3 is 0 Å². The number of aromatic nitrogens is 2. The molecule has 28 heavy (non-hydrogen) atoms. The summed E-state index contributed by atoms with van der Waals surface area (Å²) >= 11 is 0. The lowest BCUT2D eigenvalue weighted by atomic mass is 9.99. The molecule has 0 bridgehead atoms. The minimum Gasteiger partial charge on any atom is -0.251 e. The molecule has 0 unspecified atom stereocenters. The van der Waals surface area contributed by atoms with Crippen LogP contribution in [0.4, 0.5) is 0 Å². The topological polar surface area (TPSA) is 25.8 Å². The van der Waals surface area contributed by atoms with E-state index in [9.17, 15) is 0 Å². The van der Waals surface area contributed by atoms with Crippen molar-refractivity contribution in [3.05, 3.63) is 47.8 Å². The molecule has 0 radical (unpaired) electrons. The predicted octanol–water partition coefficient (Wildman–Crippen LogP) is 7.35. The predicted molar refractivity (Wildman–Crippen MR) is 121 cm³/mol. The number of nitrogens with zero attached hydrogens (tertiary/aromatic N) is 2. The highest BCUT2D eigenvalue weighted by Gasteiger charge is 2.31. The summed E-state index contributed by atoms with van der Waals surface area (Å²) in [6.07, 6.45) is 16.8. The lowest BCUT2D eigenvalue weighted by Crippen LogP contribution is -2.21. The summed E-state index contributed by atoms with van der Waals surface area (Å²) in [4.78, 5) is 9.91. The fourth-order valence-corrected chi connectivity index (χ4v) is 8.82. The number of hydrogen-bond acceptors (Lipinski definition) is 2. The van der Waals surface area contributed by atoms with Gasteiger partial charge in [0.2, 0.25) is 0 Å². The van der Waals surface area contributed by atoms with E-state index in [-0.39, 0.29) is 7.92 Å². The smallest absolute Gasteiger partial charge is 0.0889 e. The number of pyridine rings is 2. The number of hydrogen-bond donors (Lipinski definition) is 0. The van der Waals surface area contributed by atoms with Crippen molar-refractivity contribution in [2.75, 3.05) is 0 Å². The van der Waals surface area contributed by atoms with E-state index in [0.717, 1.165) is 34.8 Å². The normalized spacial score (nSPS) is 19.2. The van der Waals surface area contributed by atoms with E-state index in [0.29, 0.717) is 0 Å². The van der Waals surface area contributed by atoms with E-state index in [1.165, 1.54) is 76.1 Å². The Hall–Kier alpha value is -1.27. The van der Waals surface area contributed by atoms with Crippen molar-refractivity contribution >= 4 is 7.92 Å². The van der Waals surface area contributed by atoms with Crippen LogP contribution in [0.25, 0.3) is 11.4 Å². The fourth-order valence-electron chi connectivity index (χ4n) is 5.10. The molecule has 2 heterocycles. The standard InChI is InChI=1S/C25H35N2P/c1-2-20-11-9-17-24(26-20)25-18-10-12-21(27-25)19-28(22-13-5-3-6-14-22)23-15-7-4-8-16-23/h9-12,17-18,22-23H,2-8,13-16,19H2,1H3. The van der Waals surface area contributed by atoms with Gasteiger partial charge in [0.25, 0.3) is 0 Å². The minimum atomic E-state index is 0.0532. The largest absolute Gasteiger partial charge is 0.251 e. The number of rotatable bonds is 6. The van der Waals surface area contributed by atoms with Crippen LogP contribution in [0.2, 0.25) is 0 Å². The molecule has 0 saturated heterocycles. The van der Waals surface area contributed by atoms with Gasteiger partial charge in [-0.3, -0.25) is 9.97 Å². The van der Waals surface area contributed by atoms with Crippen LogP contribution < -0.4 is 0 Å². The monoisotopic (exact) mass is 394 g/mol. The zero-order chi connectivity index (χ0) is 19.2. The zero-order valence-corrected chi connectivity index (χ0v) is 18.3. The van der Waals surface area contributed by atoms with Gasteiger partial charge in [0.15, 0.2) is 0 Å². The second kappa shape index (κ2) is 9.97. The maximum absolute atomic E-state index is 5.10. The van der Waals surface area contributed by atoms with Crippen molar-refractivity contribution in [1.82, 2.24) is 9.97 Å². The van der Waals surface area contributed by atoms with Gasteiger partial charge in [-0.1, -0.05) is 65.5 Å². The molecule has 2 aromatic rings. The fraction of sp³-hybridized carbons (Fsp3) is 0.600. The van der Waals surface area contributed by atoms with Gasteiger partial charge >= 0.3 is 0 Å². The lowest BCUT2D eigenvalue weighted by molar-refractivity contribution is 0.484. The molecule has 0 atom stereocenters. The van der Waals surface area contributed by atoms with Crippen LogP contribution in [-0.2, 0) is 12.6 Å². The highest BCUT2D eigenvalue weighted by Crippen LogP contribution is 2.57. The first-order valence-electron chi connectivity index (χ1n) is 11.5. The molecule has 2 nitrogen and oxygen atoms in total. The second-order valence-electron chi connectivity index (χ2n) is 8.64. The van der Waals surface area contributed by atoms with E-state index in [4.69, 9.17) is 9.97 Å². The van der Waals surface area contributed by atoms with Gasteiger partial charge in [-0.05, 0) is 67.7 Å². The molecule has 2 fully saturated rings. The van der Waals surface area contributed by atoms with E-state index >= 15 is 0 Å². The van der Waals surface area contributed by atoms with Gasteiger partial charge in [0.05, 0.1) is 11.4 Å². The van der Waals surface area contributed by atoms with Crippen molar-refractivity contribution in [2.45, 2.75) is 95.0 Å². The first-order chi connectivity index (χ1) is 13.8. The van der Waals surface area contributed by atoms with Crippen LogP contribution in [0.1, 0.15) is 82.5 Å². The van der Waals surface area contributed by atoms with Crippen LogP contribution in [0.15, 0.2) is 36.4 Å². The Morgan fingerprint density at radius 1 is 0.714 bits per heavy atom. The maximum atomic E-state index is 5.10. The van der Waals surface area contributed by atoms with E-state index in [2.05, 4.69) is 43.3 Å². The molecular formula is C25H35N2P. The van der Waals surface area contributed by atoms with Crippen LogP contribution in [0.3, 0.4) is 0 Å². The second-order valence-corrected chi connectivity index (χ2v) is 11.4. The van der Waals surface area contributed by atoms with Crippen molar-refractivity contribution < 1.29 is 0 Å². The maximum Gasteiger partial charge on any atom is 0.0889 e. The Morgan fingerprint density at radius 2 is 1.21 bits per heavy atom. The third-order valence-electron chi connectivity index (χ3n) is 6.67. The average Bonchev–Trinajstić information content (AvgIpc) is 2.79. The summed E-state index contributed by atoms with van der Waals surface area (Å²) in [5, 5.41) is 0. The first kappa shape index (κ1) is 20.0. The molecule has 0 spiro atoms. The van der Waals surface area contributed by atoms with Crippen molar-refractivity contribution in [2.24, 2.45) is 0 Å². The Morgan fingerprint density at radius 3 is 1.75 bits per heavy atom. The Labute approximate surface area is 172 Å². The Kier molecular flexibility index (Phi) is 7.13. The van der Waals surface area contributed by atoms with Gasteiger partial charge in [0, 0.05) is 17.5 Å². The highest BCUT2D eigenvalue weighted by atomic mass is 31.1. The molecule has 2 aliphatic carbocycles. The van der Waals surface area contributed by atoms with Gasteiger partial charge in [-0.25, -0.2) is 0 Å². The Balaban J connectivity index is 1.55. The number of aryl methyl sites for hydroxylation is 1. The highest BCUT2D eigenvalue weighted by molar-refractivity contribution is 7.58. The SMILES string of the molecule is CCc1cccc(-c2cccc(CP(C3CCCCC3)C3CCCCC3)n2)n1. The molecule has 150 valence electrons. The molecule has 2 saturated carbocycles. The van der Waals surface area contributed by atoms with Crippen molar-refractivity contribution in [1.29, 1.82) is 0 Å². The molecule has 2 aliphatic rings. The summed E-state index contributed by atoms with van der Waals surface area (Å²) in [5.74, 6) is 0. The third-order valence-corrected chi connectivity index (χ3v) is 10.3. The molecule has 0 amide bonds. The van der Waals surface area contributed by atoms with Crippen LogP contribution >= 0.6 is 7.92 Å². The molecule has 0 aliphatic heterocycles. The van der Waals surface area contributed by atoms with Crippen LogP contribution in [0.5, 0.6) is 0 Å². The summed E-state index contributed by atoms with van der Waals surface area (Å²) < 4.78 is 0. The van der Waals surface area contributed by atoms with Gasteiger partial charge in [-0.15, -0.1) is 0 Å². The molecule has 0 aromatic carbocycles. The quantitative estimate of drug-likeness (QED) is 0.479. The van der Waals surface area contributed by atoms with E-state index < -0.39 is 0 Å². The van der Waals surface area contributed by atoms with E-state index in [1.54, 1.807) is 0 Å². The summed E-state index contributed by atoms with van der Waals surface area (Å²) in [5.41, 5.74) is 6.51. The molecule has 4 rings (SSSR count). The Bertz CT molecular complexity index is 730. The van der Waals surface area contributed by atoms with Crippen molar-refractivity contribution in [3.63, 3.8) is 0 Å². The van der Waals surface area contributed by atoms with Gasteiger partial charge in [0.1, 0.15) is 0 Å².